The molecule has 0 saturated carbocycles. The molecule has 2 rings (SSSR count). The van der Waals surface area contributed by atoms with Crippen LogP contribution in [-0.2, 0) is 4.79 Å². The highest BCUT2D eigenvalue weighted by molar-refractivity contribution is 6.03. The van der Waals surface area contributed by atoms with Crippen LogP contribution >= 0.6 is 0 Å². The first-order chi connectivity index (χ1) is 10.5. The molecule has 3 N–H and O–H groups in total. The molecule has 0 fully saturated rings. The van der Waals surface area contributed by atoms with Crippen molar-refractivity contribution >= 4 is 17.7 Å². The molecule has 1 aromatic carbocycles. The van der Waals surface area contributed by atoms with Crippen molar-refractivity contribution < 1.29 is 19.4 Å². The second-order valence-electron chi connectivity index (χ2n) is 5.02. The molecule has 2 aromatic rings. The van der Waals surface area contributed by atoms with E-state index in [1.165, 1.54) is 0 Å². The molecular weight excluding hydrogens is 286 g/mol. The highest BCUT2D eigenvalue weighted by Gasteiger charge is 2.10. The number of ether oxygens (including phenoxy) is 1. The van der Waals surface area contributed by atoms with E-state index in [0.29, 0.717) is 23.0 Å². The average Bonchev–Trinajstić information content (AvgIpc) is 2.94. The molecule has 0 saturated heterocycles. The number of carboxylic acids is 1. The maximum atomic E-state index is 12.1. The lowest BCUT2D eigenvalue weighted by Crippen LogP contribution is -2.12. The number of carbonyl (C=O) groups excluding carboxylic acids is 1. The summed E-state index contributed by atoms with van der Waals surface area (Å²) in [6, 6.07) is 7.99. The third-order valence-corrected chi connectivity index (χ3v) is 2.94. The van der Waals surface area contributed by atoms with Gasteiger partial charge < -0.3 is 15.2 Å². The topological polar surface area (TPSA) is 104 Å². The van der Waals surface area contributed by atoms with Crippen molar-refractivity contribution in [1.29, 1.82) is 0 Å². The van der Waals surface area contributed by atoms with Crippen LogP contribution in [0.5, 0.6) is 5.75 Å². The number of hydrogen-bond acceptors (Lipinski definition) is 4. The largest absolute Gasteiger partial charge is 0.482 e. The second-order valence-corrected chi connectivity index (χ2v) is 5.02. The third-order valence-electron chi connectivity index (χ3n) is 2.94. The number of aromatic amines is 1. The quantitative estimate of drug-likeness (QED) is 0.759. The molecule has 0 spiro atoms. The normalized spacial score (nSPS) is 10.5. The van der Waals surface area contributed by atoms with Gasteiger partial charge in [0.2, 0.25) is 0 Å². The van der Waals surface area contributed by atoms with E-state index in [0.717, 1.165) is 5.69 Å². The summed E-state index contributed by atoms with van der Waals surface area (Å²) in [5, 5.41) is 18.1. The molecule has 0 aliphatic carbocycles. The van der Waals surface area contributed by atoms with E-state index in [9.17, 15) is 9.59 Å². The fourth-order valence-electron chi connectivity index (χ4n) is 1.73. The van der Waals surface area contributed by atoms with Crippen LogP contribution in [0.25, 0.3) is 0 Å². The number of rotatable bonds is 6. The number of aliphatic carboxylic acids is 1. The number of H-pyrrole nitrogens is 1. The highest BCUT2D eigenvalue weighted by atomic mass is 16.5. The molecule has 0 aliphatic heterocycles. The van der Waals surface area contributed by atoms with Crippen LogP contribution in [0.1, 0.15) is 35.8 Å². The molecular formula is C15H17N3O4. The van der Waals surface area contributed by atoms with Crippen molar-refractivity contribution in [2.24, 2.45) is 0 Å². The van der Waals surface area contributed by atoms with Gasteiger partial charge in [0.05, 0.1) is 0 Å². The fourth-order valence-corrected chi connectivity index (χ4v) is 1.73. The highest BCUT2D eigenvalue weighted by Crippen LogP contribution is 2.16. The molecule has 0 bridgehead atoms. The van der Waals surface area contributed by atoms with Gasteiger partial charge in [0.15, 0.2) is 12.4 Å². The van der Waals surface area contributed by atoms with Crippen molar-refractivity contribution in [3.8, 4) is 5.75 Å². The van der Waals surface area contributed by atoms with Crippen molar-refractivity contribution in [3.05, 3.63) is 41.6 Å². The van der Waals surface area contributed by atoms with Crippen LogP contribution in [0, 0.1) is 0 Å². The van der Waals surface area contributed by atoms with Crippen LogP contribution in [-0.4, -0.2) is 33.8 Å². The SMILES string of the molecule is CC(C)c1cc(NC(=O)c2ccc(OCC(=O)O)cc2)n[nH]1. The second kappa shape index (κ2) is 6.75. The summed E-state index contributed by atoms with van der Waals surface area (Å²) >= 11 is 0. The molecule has 0 atom stereocenters. The van der Waals surface area contributed by atoms with Crippen LogP contribution in [0.4, 0.5) is 5.82 Å². The number of aromatic nitrogens is 2. The minimum atomic E-state index is -1.05. The molecule has 7 heteroatoms. The van der Waals surface area contributed by atoms with Gasteiger partial charge >= 0.3 is 5.97 Å². The molecule has 0 aliphatic rings. The molecule has 1 aromatic heterocycles. The summed E-state index contributed by atoms with van der Waals surface area (Å²) in [6.07, 6.45) is 0. The van der Waals surface area contributed by atoms with Gasteiger partial charge in [-0.05, 0) is 30.2 Å². The Balaban J connectivity index is 1.98. The minimum absolute atomic E-state index is 0.295. The van der Waals surface area contributed by atoms with E-state index in [4.69, 9.17) is 9.84 Å². The van der Waals surface area contributed by atoms with Crippen molar-refractivity contribution in [2.75, 3.05) is 11.9 Å². The predicted octanol–water partition coefficient (Wildman–Crippen LogP) is 2.25. The van der Waals surface area contributed by atoms with Crippen LogP contribution in [0.15, 0.2) is 30.3 Å². The van der Waals surface area contributed by atoms with Gasteiger partial charge in [-0.15, -0.1) is 0 Å². The molecule has 1 amide bonds. The summed E-state index contributed by atoms with van der Waals surface area (Å²) in [5.41, 5.74) is 1.37. The average molecular weight is 303 g/mol. The van der Waals surface area contributed by atoms with Gasteiger partial charge in [-0.2, -0.15) is 5.10 Å². The van der Waals surface area contributed by atoms with Gasteiger partial charge in [-0.3, -0.25) is 9.89 Å². The minimum Gasteiger partial charge on any atom is -0.482 e. The summed E-state index contributed by atoms with van der Waals surface area (Å²) in [5.74, 6) is -0.211. The van der Waals surface area contributed by atoms with E-state index in [1.54, 1.807) is 30.3 Å². The van der Waals surface area contributed by atoms with Gasteiger partial charge in [-0.1, -0.05) is 13.8 Å². The number of amides is 1. The van der Waals surface area contributed by atoms with Crippen LogP contribution in [0.3, 0.4) is 0 Å². The number of anilines is 1. The number of nitrogens with one attached hydrogen (secondary N) is 2. The Hall–Kier alpha value is -2.83. The third kappa shape index (κ3) is 4.08. The zero-order valence-electron chi connectivity index (χ0n) is 12.3. The first-order valence-electron chi connectivity index (χ1n) is 6.77. The molecule has 1 heterocycles. The Kier molecular flexibility index (Phi) is 4.77. The maximum absolute atomic E-state index is 12.1. The Morgan fingerprint density at radius 1 is 1.32 bits per heavy atom. The first kappa shape index (κ1) is 15.6. The lowest BCUT2D eigenvalue weighted by molar-refractivity contribution is -0.139. The molecule has 7 nitrogen and oxygen atoms in total. The summed E-state index contributed by atoms with van der Waals surface area (Å²) in [7, 11) is 0. The zero-order valence-corrected chi connectivity index (χ0v) is 12.3. The smallest absolute Gasteiger partial charge is 0.341 e. The Morgan fingerprint density at radius 2 is 2.00 bits per heavy atom. The Labute approximate surface area is 127 Å². The summed E-state index contributed by atoms with van der Waals surface area (Å²) in [6.45, 7) is 3.63. The number of hydrogen-bond donors (Lipinski definition) is 3. The molecule has 22 heavy (non-hydrogen) atoms. The number of carbonyl (C=O) groups is 2. The maximum Gasteiger partial charge on any atom is 0.341 e. The number of carboxylic acid groups (broad SMARTS) is 1. The lowest BCUT2D eigenvalue weighted by atomic mass is 10.1. The monoisotopic (exact) mass is 303 g/mol. The Bertz CT molecular complexity index is 662. The van der Waals surface area contributed by atoms with Crippen molar-refractivity contribution in [1.82, 2.24) is 10.2 Å². The van der Waals surface area contributed by atoms with Gasteiger partial charge in [0.1, 0.15) is 5.75 Å². The standard InChI is InChI=1S/C15H17N3O4/c1-9(2)12-7-13(18-17-12)16-15(21)10-3-5-11(6-4-10)22-8-14(19)20/h3-7,9H,8H2,1-2H3,(H,19,20)(H2,16,17,18,21). The fraction of sp³-hybridized carbons (Fsp3) is 0.267. The predicted molar refractivity (Wildman–Crippen MR) is 80.2 cm³/mol. The van der Waals surface area contributed by atoms with Crippen molar-refractivity contribution in [2.45, 2.75) is 19.8 Å². The van der Waals surface area contributed by atoms with Crippen LogP contribution < -0.4 is 10.1 Å². The molecule has 116 valence electrons. The van der Waals surface area contributed by atoms with Crippen molar-refractivity contribution in [3.63, 3.8) is 0 Å². The van der Waals surface area contributed by atoms with Gasteiger partial charge in [-0.25, -0.2) is 4.79 Å². The number of nitrogens with zero attached hydrogens (tertiary/aromatic N) is 1. The van der Waals surface area contributed by atoms with Crippen LogP contribution in [0.2, 0.25) is 0 Å². The van der Waals surface area contributed by atoms with E-state index in [1.807, 2.05) is 13.8 Å². The first-order valence-corrected chi connectivity index (χ1v) is 6.77. The lowest BCUT2D eigenvalue weighted by Gasteiger charge is -2.05. The van der Waals surface area contributed by atoms with Gasteiger partial charge in [0.25, 0.3) is 5.91 Å². The number of benzene rings is 1. The van der Waals surface area contributed by atoms with E-state index >= 15 is 0 Å². The summed E-state index contributed by atoms with van der Waals surface area (Å²) in [4.78, 5) is 22.5. The Morgan fingerprint density at radius 3 is 2.55 bits per heavy atom. The summed E-state index contributed by atoms with van der Waals surface area (Å²) < 4.78 is 5.00. The van der Waals surface area contributed by atoms with E-state index < -0.39 is 12.6 Å². The zero-order chi connectivity index (χ0) is 16.1. The van der Waals surface area contributed by atoms with E-state index in [-0.39, 0.29) is 5.91 Å². The van der Waals surface area contributed by atoms with E-state index in [2.05, 4.69) is 15.5 Å². The molecule has 0 radical (unpaired) electrons. The molecule has 0 unspecified atom stereocenters. The van der Waals surface area contributed by atoms with Gasteiger partial charge in [0, 0.05) is 17.3 Å².